The van der Waals surface area contributed by atoms with Gasteiger partial charge in [0.1, 0.15) is 16.7 Å². The third-order valence-electron chi connectivity index (χ3n) is 4.32. The van der Waals surface area contributed by atoms with E-state index in [9.17, 15) is 9.59 Å². The van der Waals surface area contributed by atoms with Crippen molar-refractivity contribution in [2.75, 3.05) is 13.1 Å². The third-order valence-corrected chi connectivity index (χ3v) is 5.20. The first-order valence-electron chi connectivity index (χ1n) is 9.34. The van der Waals surface area contributed by atoms with E-state index in [1.54, 1.807) is 16.2 Å². The van der Waals surface area contributed by atoms with Crippen molar-refractivity contribution in [1.82, 2.24) is 10.2 Å². The lowest BCUT2D eigenvalue weighted by Crippen LogP contribution is -2.69. The molecule has 3 rings (SSSR count). The number of nitrogens with one attached hydrogen (secondary N) is 1. The van der Waals surface area contributed by atoms with Gasteiger partial charge in [-0.25, -0.2) is 9.59 Å². The fourth-order valence-electron chi connectivity index (χ4n) is 3.15. The number of carbonyl (C=O) groups excluding carboxylic acids is 2. The van der Waals surface area contributed by atoms with E-state index in [2.05, 4.69) is 17.4 Å². The Bertz CT molecular complexity index is 886. The van der Waals surface area contributed by atoms with Crippen LogP contribution >= 0.6 is 11.3 Å². The Morgan fingerprint density at radius 3 is 2.29 bits per heavy atom. The molecule has 0 bridgehead atoms. The minimum Gasteiger partial charge on any atom is -0.444 e. The molecule has 28 heavy (non-hydrogen) atoms. The second kappa shape index (κ2) is 6.95. The molecule has 0 radical (unpaired) electrons. The number of carbonyl (C=O) groups is 2. The number of fused-ring (bicyclic) bond motifs is 1. The Labute approximate surface area is 169 Å². The number of nitrogens with zero attached hydrogens (tertiary/aromatic N) is 1. The van der Waals surface area contributed by atoms with Gasteiger partial charge >= 0.3 is 12.2 Å². The smallest absolute Gasteiger partial charge is 0.410 e. The number of amides is 2. The highest BCUT2D eigenvalue weighted by Crippen LogP contribution is 2.36. The average molecular weight is 405 g/mol. The molecule has 1 aromatic heterocycles. The summed E-state index contributed by atoms with van der Waals surface area (Å²) in [5.74, 6) is 0. The highest BCUT2D eigenvalue weighted by Gasteiger charge is 2.49. The summed E-state index contributed by atoms with van der Waals surface area (Å²) < 4.78 is 12.1. The molecular weight excluding hydrogens is 376 g/mol. The van der Waals surface area contributed by atoms with Crippen LogP contribution in [0.1, 0.15) is 47.1 Å². The first-order valence-corrected chi connectivity index (χ1v) is 10.2. The van der Waals surface area contributed by atoms with Crippen molar-refractivity contribution in [3.63, 3.8) is 0 Å². The molecule has 2 amide bonds. The fraction of sp³-hybridized carbons (Fsp3) is 0.524. The van der Waals surface area contributed by atoms with Crippen LogP contribution < -0.4 is 5.32 Å². The Hall–Kier alpha value is -2.28. The SMILES string of the molecule is CC(C)(C)OC(=O)NC1(c2ccc3ccsc3c2)CN(C(=O)OC(C)(C)C)C1. The number of rotatable bonds is 2. The van der Waals surface area contributed by atoms with Crippen molar-refractivity contribution in [1.29, 1.82) is 0 Å². The Morgan fingerprint density at radius 1 is 1.04 bits per heavy atom. The summed E-state index contributed by atoms with van der Waals surface area (Å²) in [6.45, 7) is 11.6. The van der Waals surface area contributed by atoms with Crippen LogP contribution in [0.5, 0.6) is 0 Å². The minimum absolute atomic E-state index is 0.331. The van der Waals surface area contributed by atoms with Crippen LogP contribution in [-0.4, -0.2) is 41.4 Å². The summed E-state index contributed by atoms with van der Waals surface area (Å²) in [5, 5.41) is 6.20. The second-order valence-electron chi connectivity index (χ2n) is 9.22. The highest BCUT2D eigenvalue weighted by molar-refractivity contribution is 7.17. The molecule has 1 N–H and O–H groups in total. The van der Waals surface area contributed by atoms with Crippen LogP contribution in [-0.2, 0) is 15.0 Å². The topological polar surface area (TPSA) is 67.9 Å². The molecule has 0 unspecified atom stereocenters. The van der Waals surface area contributed by atoms with Gasteiger partial charge in [-0.3, -0.25) is 0 Å². The monoisotopic (exact) mass is 404 g/mol. The quantitative estimate of drug-likeness (QED) is 0.775. The van der Waals surface area contributed by atoms with Crippen molar-refractivity contribution >= 4 is 33.6 Å². The number of alkyl carbamates (subject to hydrolysis) is 1. The molecule has 7 heteroatoms. The van der Waals surface area contributed by atoms with Crippen LogP contribution in [0.2, 0.25) is 0 Å². The molecule has 1 fully saturated rings. The van der Waals surface area contributed by atoms with Gasteiger partial charge in [-0.15, -0.1) is 11.3 Å². The first-order chi connectivity index (χ1) is 12.9. The highest BCUT2D eigenvalue weighted by atomic mass is 32.1. The van der Waals surface area contributed by atoms with Crippen LogP contribution in [0.4, 0.5) is 9.59 Å². The Morgan fingerprint density at radius 2 is 1.68 bits per heavy atom. The van der Waals surface area contributed by atoms with E-state index >= 15 is 0 Å². The van der Waals surface area contributed by atoms with E-state index in [4.69, 9.17) is 9.47 Å². The van der Waals surface area contributed by atoms with Gasteiger partial charge in [0.2, 0.25) is 0 Å². The molecule has 152 valence electrons. The molecule has 6 nitrogen and oxygen atoms in total. The molecule has 1 aromatic carbocycles. The van der Waals surface area contributed by atoms with Crippen molar-refractivity contribution in [2.45, 2.75) is 58.3 Å². The fourth-order valence-corrected chi connectivity index (χ4v) is 3.97. The number of ether oxygens (including phenoxy) is 2. The van der Waals surface area contributed by atoms with Crippen molar-refractivity contribution in [3.8, 4) is 0 Å². The van der Waals surface area contributed by atoms with Gasteiger partial charge in [-0.05, 0) is 70.0 Å². The zero-order valence-electron chi connectivity index (χ0n) is 17.3. The normalized spacial score (nSPS) is 16.4. The predicted octanol–water partition coefficient (Wildman–Crippen LogP) is 4.87. The number of hydrogen-bond donors (Lipinski definition) is 1. The molecule has 0 saturated carbocycles. The Kier molecular flexibility index (Phi) is 5.08. The van der Waals surface area contributed by atoms with Crippen molar-refractivity contribution in [2.24, 2.45) is 0 Å². The van der Waals surface area contributed by atoms with Crippen molar-refractivity contribution in [3.05, 3.63) is 35.2 Å². The summed E-state index contributed by atoms with van der Waals surface area (Å²) in [7, 11) is 0. The van der Waals surface area contributed by atoms with E-state index in [1.165, 1.54) is 0 Å². The summed E-state index contributed by atoms with van der Waals surface area (Å²) >= 11 is 1.65. The third kappa shape index (κ3) is 4.58. The van der Waals surface area contributed by atoms with Gasteiger partial charge in [-0.2, -0.15) is 0 Å². The van der Waals surface area contributed by atoms with E-state index in [-0.39, 0.29) is 6.09 Å². The van der Waals surface area contributed by atoms with Gasteiger partial charge in [-0.1, -0.05) is 12.1 Å². The van der Waals surface area contributed by atoms with E-state index < -0.39 is 22.8 Å². The molecule has 0 aliphatic carbocycles. The summed E-state index contributed by atoms with van der Waals surface area (Å²) in [4.78, 5) is 26.5. The van der Waals surface area contributed by atoms with E-state index in [0.29, 0.717) is 13.1 Å². The second-order valence-corrected chi connectivity index (χ2v) is 10.2. The molecule has 2 heterocycles. The van der Waals surface area contributed by atoms with Crippen LogP contribution in [0.15, 0.2) is 29.6 Å². The maximum absolute atomic E-state index is 12.5. The molecule has 1 aliphatic heterocycles. The number of benzene rings is 1. The van der Waals surface area contributed by atoms with Crippen LogP contribution in [0.25, 0.3) is 10.1 Å². The molecule has 1 saturated heterocycles. The number of thiophene rings is 1. The number of likely N-dealkylation sites (tertiary alicyclic amines) is 1. The van der Waals surface area contributed by atoms with E-state index in [1.807, 2.05) is 59.1 Å². The lowest BCUT2D eigenvalue weighted by Gasteiger charge is -2.50. The van der Waals surface area contributed by atoms with Gasteiger partial charge in [0.15, 0.2) is 0 Å². The van der Waals surface area contributed by atoms with Gasteiger partial charge in [0.25, 0.3) is 0 Å². The zero-order chi connectivity index (χ0) is 20.7. The minimum atomic E-state index is -0.697. The molecule has 0 spiro atoms. The molecule has 0 atom stereocenters. The molecule has 2 aromatic rings. The largest absolute Gasteiger partial charge is 0.444 e. The van der Waals surface area contributed by atoms with Crippen LogP contribution in [0.3, 0.4) is 0 Å². The van der Waals surface area contributed by atoms with Gasteiger partial charge in [0, 0.05) is 4.70 Å². The molecular formula is C21H28N2O4S. The zero-order valence-corrected chi connectivity index (χ0v) is 18.1. The summed E-state index contributed by atoms with van der Waals surface area (Å²) in [6.07, 6.45) is -0.881. The lowest BCUT2D eigenvalue weighted by atomic mass is 9.82. The van der Waals surface area contributed by atoms with Crippen LogP contribution in [0, 0.1) is 0 Å². The first kappa shape index (κ1) is 20.5. The maximum Gasteiger partial charge on any atom is 0.410 e. The molecule has 1 aliphatic rings. The summed E-state index contributed by atoms with van der Waals surface area (Å²) in [6, 6.07) is 8.17. The van der Waals surface area contributed by atoms with Crippen molar-refractivity contribution < 1.29 is 19.1 Å². The predicted molar refractivity (Wildman–Crippen MR) is 111 cm³/mol. The standard InChI is InChI=1S/C21H28N2O4S/c1-19(2,3)26-17(24)22-21(12-23(13-21)18(25)27-20(4,5)6)15-8-7-14-9-10-28-16(14)11-15/h7-11H,12-13H2,1-6H3,(H,22,24). The summed E-state index contributed by atoms with van der Waals surface area (Å²) in [5.41, 5.74) is -0.910. The maximum atomic E-state index is 12.5. The Balaban J connectivity index is 1.83. The average Bonchev–Trinajstić information content (AvgIpc) is 2.94. The lowest BCUT2D eigenvalue weighted by molar-refractivity contribution is -0.0229. The number of hydrogen-bond acceptors (Lipinski definition) is 5. The van der Waals surface area contributed by atoms with E-state index in [0.717, 1.165) is 15.6 Å². The van der Waals surface area contributed by atoms with Gasteiger partial charge < -0.3 is 19.7 Å². The van der Waals surface area contributed by atoms with Gasteiger partial charge in [0.05, 0.1) is 13.1 Å².